The van der Waals surface area contributed by atoms with Gasteiger partial charge in [0.2, 0.25) is 0 Å². The fourth-order valence-electron chi connectivity index (χ4n) is 0. The van der Waals surface area contributed by atoms with Crippen LogP contribution in [0.4, 0.5) is 0 Å². The summed E-state index contributed by atoms with van der Waals surface area (Å²) in [6.45, 7) is 0. The van der Waals surface area contributed by atoms with E-state index in [-0.39, 0.29) is 35.7 Å². The van der Waals surface area contributed by atoms with E-state index in [4.69, 9.17) is 16.0 Å². The van der Waals surface area contributed by atoms with E-state index in [1.54, 1.807) is 0 Å². The number of quaternary nitrogens is 1. The summed E-state index contributed by atoms with van der Waals surface area (Å²) in [6, 6.07) is 0. The second-order valence-corrected chi connectivity index (χ2v) is 1.56. The van der Waals surface area contributed by atoms with Crippen LogP contribution >= 0.6 is 0 Å². The van der Waals surface area contributed by atoms with Gasteiger partial charge in [0.05, 0.1) is 0 Å². The zero-order valence-electron chi connectivity index (χ0n) is 4.01. The fraction of sp³-hybridized carbons (Fsp3) is 0. The average Bonchev–Trinajstić information content (AvgIpc) is 0.722. The third-order valence-corrected chi connectivity index (χ3v) is 0. The Morgan fingerprint density at radius 2 is 1.14 bits per heavy atom. The molecule has 0 spiro atoms. The van der Waals surface area contributed by atoms with E-state index >= 15 is 0 Å². The van der Waals surface area contributed by atoms with Gasteiger partial charge in [-0.15, -0.1) is 0 Å². The van der Waals surface area contributed by atoms with Gasteiger partial charge in [0, 0.05) is 0 Å². The van der Waals surface area contributed by atoms with Crippen LogP contribution in [0.1, 0.15) is 0 Å². The van der Waals surface area contributed by atoms with Crippen molar-refractivity contribution in [3.05, 3.63) is 0 Å². The minimum atomic E-state index is -5.62. The average molecular weight is 160 g/mol. The van der Waals surface area contributed by atoms with E-state index in [2.05, 4.69) is 0 Å². The first-order valence-electron chi connectivity index (χ1n) is 0.617. The van der Waals surface area contributed by atoms with E-state index in [0.29, 0.717) is 0 Å². The molecular formula is H4MnNNaO4. The second-order valence-electron chi connectivity index (χ2n) is 0.378. The molecular weight excluding hydrogens is 156 g/mol. The first-order chi connectivity index (χ1) is 2.00. The summed E-state index contributed by atoms with van der Waals surface area (Å²) in [6.07, 6.45) is 0. The molecule has 0 unspecified atom stereocenters. The van der Waals surface area contributed by atoms with Gasteiger partial charge in [-0.3, -0.25) is 0 Å². The van der Waals surface area contributed by atoms with Gasteiger partial charge in [0.25, 0.3) is 0 Å². The topological polar surface area (TPSA) is 117 Å². The molecule has 0 radical (unpaired) electrons. The Bertz CT molecular complexity index is 94.9. The van der Waals surface area contributed by atoms with E-state index in [9.17, 15) is 0 Å². The molecule has 0 saturated carbocycles. The molecule has 0 aliphatic heterocycles. The van der Waals surface area contributed by atoms with Crippen molar-refractivity contribution in [1.82, 2.24) is 6.15 Å². The van der Waals surface area contributed by atoms with E-state index < -0.39 is 13.4 Å². The standard InChI is InChI=1S/Mn.H3N.Na.4O/h;1H3;;;;;/q;;+1;;;2*-1/p+1. The van der Waals surface area contributed by atoms with Gasteiger partial charge >= 0.3 is 59.0 Å². The van der Waals surface area contributed by atoms with Crippen LogP contribution in [0.15, 0.2) is 0 Å². The zero-order chi connectivity index (χ0) is 4.50. The molecule has 0 aliphatic carbocycles. The van der Waals surface area contributed by atoms with Crippen LogP contribution in [-0.4, -0.2) is 0 Å². The third kappa shape index (κ3) is 175. The van der Waals surface area contributed by atoms with Crippen molar-refractivity contribution in [2.24, 2.45) is 0 Å². The van der Waals surface area contributed by atoms with Crippen molar-refractivity contribution < 1.29 is 59.0 Å². The van der Waals surface area contributed by atoms with Crippen molar-refractivity contribution in [2.75, 3.05) is 0 Å². The summed E-state index contributed by atoms with van der Waals surface area (Å²) in [5.41, 5.74) is 0. The van der Waals surface area contributed by atoms with Gasteiger partial charge in [-0.05, 0) is 0 Å². The molecule has 0 fully saturated rings. The summed E-state index contributed by atoms with van der Waals surface area (Å²) in [7, 11) is 0. The first-order valence-corrected chi connectivity index (χ1v) is 2.54. The Morgan fingerprint density at radius 1 is 1.14 bits per heavy atom. The Morgan fingerprint density at radius 3 is 1.14 bits per heavy atom. The SMILES string of the molecule is [NH4+].[Na+].[O]=[Mn](=[O])([O-])[O-]. The maximum atomic E-state index is 8.58. The van der Waals surface area contributed by atoms with Crippen LogP contribution in [0.25, 0.3) is 0 Å². The summed E-state index contributed by atoms with van der Waals surface area (Å²) in [5.74, 6) is 0. The summed E-state index contributed by atoms with van der Waals surface area (Å²) in [4.78, 5) is 0. The Kier molecular flexibility index (Phi) is 11.5. The van der Waals surface area contributed by atoms with Gasteiger partial charge in [-0.25, -0.2) is 0 Å². The first kappa shape index (κ1) is 15.7. The Hall–Kier alpha value is 0.999. The molecule has 0 saturated heterocycles. The monoisotopic (exact) mass is 160 g/mol. The molecule has 0 aromatic rings. The quantitative estimate of drug-likeness (QED) is 0.356. The molecule has 0 aromatic carbocycles. The summed E-state index contributed by atoms with van der Waals surface area (Å²) >= 11 is -5.62. The van der Waals surface area contributed by atoms with Crippen LogP contribution in [-0.2, 0) is 21.0 Å². The van der Waals surface area contributed by atoms with E-state index in [1.807, 2.05) is 0 Å². The van der Waals surface area contributed by atoms with Crippen LogP contribution < -0.4 is 44.1 Å². The van der Waals surface area contributed by atoms with Crippen molar-refractivity contribution in [3.63, 3.8) is 0 Å². The van der Waals surface area contributed by atoms with Crippen molar-refractivity contribution in [2.45, 2.75) is 0 Å². The molecule has 0 aliphatic rings. The predicted octanol–water partition coefficient (Wildman–Crippen LogP) is -5.24. The van der Waals surface area contributed by atoms with Gasteiger partial charge in [-0.1, -0.05) is 0 Å². The molecule has 0 bridgehead atoms. The van der Waals surface area contributed by atoms with Gasteiger partial charge < -0.3 is 6.15 Å². The molecule has 0 rings (SSSR count). The maximum absolute atomic E-state index is 8.58. The van der Waals surface area contributed by atoms with E-state index in [1.165, 1.54) is 0 Å². The van der Waals surface area contributed by atoms with Crippen molar-refractivity contribution in [1.29, 1.82) is 0 Å². The number of rotatable bonds is 0. The van der Waals surface area contributed by atoms with Gasteiger partial charge in [-0.2, -0.15) is 0 Å². The molecule has 0 amide bonds. The number of hydrogen-bond acceptors (Lipinski definition) is 4. The molecule has 0 atom stereocenters. The molecule has 7 heteroatoms. The molecule has 7 heavy (non-hydrogen) atoms. The summed E-state index contributed by atoms with van der Waals surface area (Å²) < 4.78 is 34.3. The van der Waals surface area contributed by atoms with Crippen LogP contribution in [0.5, 0.6) is 0 Å². The minimum absolute atomic E-state index is 0. The van der Waals surface area contributed by atoms with Gasteiger partial charge in [0.1, 0.15) is 0 Å². The van der Waals surface area contributed by atoms with Crippen molar-refractivity contribution >= 4 is 0 Å². The number of hydrogen-bond donors (Lipinski definition) is 1. The zero-order valence-corrected chi connectivity index (χ0v) is 7.19. The van der Waals surface area contributed by atoms with Crippen molar-refractivity contribution in [3.8, 4) is 0 Å². The van der Waals surface area contributed by atoms with E-state index in [0.717, 1.165) is 0 Å². The Balaban J connectivity index is -0.0000000800. The summed E-state index contributed by atoms with van der Waals surface area (Å²) in [5, 5.41) is 0. The fourth-order valence-corrected chi connectivity index (χ4v) is 0. The van der Waals surface area contributed by atoms with Crippen LogP contribution in [0.3, 0.4) is 0 Å². The van der Waals surface area contributed by atoms with Crippen LogP contribution in [0, 0.1) is 0 Å². The normalized spacial score (nSPS) is 8.29. The molecule has 5 nitrogen and oxygen atoms in total. The molecule has 4 N–H and O–H groups in total. The van der Waals surface area contributed by atoms with Gasteiger partial charge in [0.15, 0.2) is 0 Å². The predicted molar refractivity (Wildman–Crippen MR) is 7.36 cm³/mol. The third-order valence-electron chi connectivity index (χ3n) is 0. The molecule has 0 heterocycles. The molecule has 0 aromatic heterocycles. The molecule has 41 valence electrons. The van der Waals surface area contributed by atoms with Crippen LogP contribution in [0.2, 0.25) is 0 Å². The second kappa shape index (κ2) is 5.14. The Labute approximate surface area is 64.9 Å².